The summed E-state index contributed by atoms with van der Waals surface area (Å²) >= 11 is 0. The number of hydrazone groups is 1. The number of carboxylic acids is 1. The van der Waals surface area contributed by atoms with E-state index in [2.05, 4.69) is 10.4 Å². The highest BCUT2D eigenvalue weighted by molar-refractivity contribution is 5.97. The molecule has 0 spiro atoms. The molecule has 202 valence electrons. The van der Waals surface area contributed by atoms with Gasteiger partial charge in [0.25, 0.3) is 5.91 Å². The zero-order chi connectivity index (χ0) is 26.7. The van der Waals surface area contributed by atoms with Gasteiger partial charge in [0.1, 0.15) is 0 Å². The van der Waals surface area contributed by atoms with Crippen LogP contribution in [0.5, 0.6) is 0 Å². The van der Waals surface area contributed by atoms with Crippen molar-refractivity contribution in [2.45, 2.75) is 70.3 Å². The van der Waals surface area contributed by atoms with E-state index in [0.717, 1.165) is 61.6 Å². The van der Waals surface area contributed by atoms with Crippen molar-refractivity contribution in [3.63, 3.8) is 0 Å². The number of hydrogen-bond acceptors (Lipinski definition) is 5. The topological polar surface area (TPSA) is 108 Å². The fourth-order valence-corrected chi connectivity index (χ4v) is 5.25. The van der Waals surface area contributed by atoms with Crippen LogP contribution in [-0.2, 0) is 25.7 Å². The molecule has 2 aromatic carbocycles. The molecule has 1 saturated carbocycles. The standard InChI is InChI=1S/C30H37N3O5/c34-26-21-38-30(25-12-4-3-5-13-25)32-33(26)20-22-15-17-24(18-16-22)28(23-10-7-8-11-23)29(37)31-19-9-2-1-6-14-27(35)36/h3-5,12-13,15-18,23,28H,1-2,6-11,14,19-21H2,(H,31,37)(H,35,36). The molecule has 8 nitrogen and oxygen atoms in total. The molecule has 1 heterocycles. The number of amides is 2. The number of carbonyl (C=O) groups excluding carboxylic acids is 2. The zero-order valence-corrected chi connectivity index (χ0v) is 21.8. The predicted octanol–water partition coefficient (Wildman–Crippen LogP) is 4.83. The van der Waals surface area contributed by atoms with Crippen molar-refractivity contribution in [1.82, 2.24) is 10.3 Å². The van der Waals surface area contributed by atoms with Gasteiger partial charge in [-0.3, -0.25) is 14.4 Å². The maximum atomic E-state index is 13.3. The highest BCUT2D eigenvalue weighted by atomic mass is 16.5. The molecule has 1 aliphatic carbocycles. The lowest BCUT2D eigenvalue weighted by molar-refractivity contribution is -0.137. The number of aliphatic carboxylic acids is 1. The van der Waals surface area contributed by atoms with Crippen molar-refractivity contribution >= 4 is 23.7 Å². The molecule has 0 radical (unpaired) electrons. The molecule has 1 unspecified atom stereocenters. The van der Waals surface area contributed by atoms with Crippen LogP contribution in [0.3, 0.4) is 0 Å². The Kier molecular flexibility index (Phi) is 9.90. The van der Waals surface area contributed by atoms with Crippen LogP contribution in [0.2, 0.25) is 0 Å². The Balaban J connectivity index is 1.36. The molecule has 0 saturated heterocycles. The van der Waals surface area contributed by atoms with Gasteiger partial charge in [0.05, 0.1) is 12.5 Å². The summed E-state index contributed by atoms with van der Waals surface area (Å²) in [6.45, 7) is 0.893. The van der Waals surface area contributed by atoms with Gasteiger partial charge in [-0.05, 0) is 54.9 Å². The van der Waals surface area contributed by atoms with Gasteiger partial charge in [-0.15, -0.1) is 5.10 Å². The Labute approximate surface area is 224 Å². The van der Waals surface area contributed by atoms with Crippen molar-refractivity contribution in [2.24, 2.45) is 11.0 Å². The third-order valence-electron chi connectivity index (χ3n) is 7.29. The second-order valence-electron chi connectivity index (χ2n) is 10.1. The van der Waals surface area contributed by atoms with Gasteiger partial charge in [0.2, 0.25) is 11.8 Å². The maximum Gasteiger partial charge on any atom is 0.303 e. The molecule has 0 aromatic heterocycles. The lowest BCUT2D eigenvalue weighted by atomic mass is 9.83. The largest absolute Gasteiger partial charge is 0.481 e. The van der Waals surface area contributed by atoms with Gasteiger partial charge in [-0.25, -0.2) is 5.01 Å². The van der Waals surface area contributed by atoms with Crippen LogP contribution in [0.25, 0.3) is 0 Å². The van der Waals surface area contributed by atoms with E-state index in [4.69, 9.17) is 9.84 Å². The minimum Gasteiger partial charge on any atom is -0.481 e. The first-order chi connectivity index (χ1) is 18.5. The van der Waals surface area contributed by atoms with Crippen LogP contribution in [0.1, 0.15) is 80.4 Å². The molecule has 4 rings (SSSR count). The smallest absolute Gasteiger partial charge is 0.303 e. The minimum absolute atomic E-state index is 0.0463. The van der Waals surface area contributed by atoms with Crippen LogP contribution >= 0.6 is 0 Å². The third kappa shape index (κ3) is 7.66. The number of hydrogen-bond donors (Lipinski definition) is 2. The molecular weight excluding hydrogens is 482 g/mol. The molecule has 2 amide bonds. The first kappa shape index (κ1) is 27.4. The van der Waals surface area contributed by atoms with Crippen molar-refractivity contribution in [1.29, 1.82) is 0 Å². The van der Waals surface area contributed by atoms with Crippen LogP contribution in [-0.4, -0.2) is 46.9 Å². The molecule has 0 bridgehead atoms. The number of ether oxygens (including phenoxy) is 1. The molecule has 1 fully saturated rings. The number of rotatable bonds is 13. The molecule has 38 heavy (non-hydrogen) atoms. The summed E-state index contributed by atoms with van der Waals surface area (Å²) in [5.41, 5.74) is 2.76. The molecular formula is C30H37N3O5. The number of benzene rings is 2. The van der Waals surface area contributed by atoms with Gasteiger partial charge in [-0.1, -0.05) is 68.1 Å². The van der Waals surface area contributed by atoms with Crippen molar-refractivity contribution in [2.75, 3.05) is 13.2 Å². The SMILES string of the molecule is O=C(O)CCCCCCNC(=O)C(c1ccc(CN2N=C(c3ccccc3)OCC2=O)cc1)C1CCCC1. The van der Waals surface area contributed by atoms with Crippen LogP contribution < -0.4 is 5.32 Å². The van der Waals surface area contributed by atoms with E-state index in [1.165, 1.54) is 5.01 Å². The van der Waals surface area contributed by atoms with Crippen LogP contribution in [0.4, 0.5) is 0 Å². The highest BCUT2D eigenvalue weighted by Gasteiger charge is 2.32. The Hall–Kier alpha value is -3.68. The van der Waals surface area contributed by atoms with E-state index in [-0.39, 0.29) is 30.8 Å². The fraction of sp³-hybridized carbons (Fsp3) is 0.467. The van der Waals surface area contributed by atoms with Gasteiger partial charge in [-0.2, -0.15) is 0 Å². The average Bonchev–Trinajstić information content (AvgIpc) is 3.45. The van der Waals surface area contributed by atoms with Crippen LogP contribution in [0, 0.1) is 5.92 Å². The number of nitrogens with zero attached hydrogens (tertiary/aromatic N) is 2. The lowest BCUT2D eigenvalue weighted by Gasteiger charge is -2.25. The Morgan fingerprint density at radius 2 is 1.71 bits per heavy atom. The monoisotopic (exact) mass is 519 g/mol. The van der Waals surface area contributed by atoms with Crippen molar-refractivity contribution < 1.29 is 24.2 Å². The van der Waals surface area contributed by atoms with Gasteiger partial charge >= 0.3 is 5.97 Å². The number of carboxylic acid groups (broad SMARTS) is 1. The molecule has 2 N–H and O–H groups in total. The van der Waals surface area contributed by atoms with E-state index in [1.54, 1.807) is 0 Å². The number of carbonyl (C=O) groups is 3. The quantitative estimate of drug-likeness (QED) is 0.369. The third-order valence-corrected chi connectivity index (χ3v) is 7.29. The van der Waals surface area contributed by atoms with E-state index in [1.807, 2.05) is 54.6 Å². The Morgan fingerprint density at radius 3 is 2.42 bits per heavy atom. The first-order valence-corrected chi connectivity index (χ1v) is 13.7. The summed E-state index contributed by atoms with van der Waals surface area (Å²) in [7, 11) is 0. The average molecular weight is 520 g/mol. The fourth-order valence-electron chi connectivity index (χ4n) is 5.25. The van der Waals surface area contributed by atoms with Gasteiger partial charge in [0, 0.05) is 18.5 Å². The predicted molar refractivity (Wildman–Crippen MR) is 144 cm³/mol. The second-order valence-corrected chi connectivity index (χ2v) is 10.1. The lowest BCUT2D eigenvalue weighted by Crippen LogP contribution is -2.36. The maximum absolute atomic E-state index is 13.3. The summed E-state index contributed by atoms with van der Waals surface area (Å²) < 4.78 is 5.54. The Morgan fingerprint density at radius 1 is 1.00 bits per heavy atom. The molecule has 1 atom stereocenters. The minimum atomic E-state index is -0.759. The molecule has 1 aliphatic heterocycles. The van der Waals surface area contributed by atoms with Crippen molar-refractivity contribution in [3.8, 4) is 0 Å². The summed E-state index contributed by atoms with van der Waals surface area (Å²) in [5, 5.41) is 17.7. The molecule has 2 aromatic rings. The zero-order valence-electron chi connectivity index (χ0n) is 21.8. The van der Waals surface area contributed by atoms with Gasteiger partial charge in [0.15, 0.2) is 6.61 Å². The number of nitrogens with one attached hydrogen (secondary N) is 1. The van der Waals surface area contributed by atoms with Crippen molar-refractivity contribution in [3.05, 3.63) is 71.3 Å². The summed E-state index contributed by atoms with van der Waals surface area (Å²) in [4.78, 5) is 36.3. The summed E-state index contributed by atoms with van der Waals surface area (Å²) in [6.07, 6.45) is 7.89. The van der Waals surface area contributed by atoms with Crippen LogP contribution in [0.15, 0.2) is 59.7 Å². The van der Waals surface area contributed by atoms with E-state index >= 15 is 0 Å². The molecule has 8 heteroatoms. The molecule has 2 aliphatic rings. The number of unbranched alkanes of at least 4 members (excludes halogenated alkanes) is 3. The van der Waals surface area contributed by atoms with E-state index in [0.29, 0.717) is 31.3 Å². The highest BCUT2D eigenvalue weighted by Crippen LogP contribution is 2.37. The summed E-state index contributed by atoms with van der Waals surface area (Å²) in [6, 6.07) is 17.5. The Bertz CT molecular complexity index is 1110. The second kappa shape index (κ2) is 13.7. The van der Waals surface area contributed by atoms with Gasteiger partial charge < -0.3 is 15.2 Å². The summed E-state index contributed by atoms with van der Waals surface area (Å²) in [5.74, 6) is -0.316. The first-order valence-electron chi connectivity index (χ1n) is 13.7. The normalized spacial score (nSPS) is 16.6. The van der Waals surface area contributed by atoms with E-state index in [9.17, 15) is 14.4 Å². The van der Waals surface area contributed by atoms with E-state index < -0.39 is 5.97 Å².